The van der Waals surface area contributed by atoms with E-state index in [-0.39, 0.29) is 30.4 Å². The average Bonchev–Trinajstić information content (AvgIpc) is 3.05. The lowest BCUT2D eigenvalue weighted by Crippen LogP contribution is -2.37. The molecule has 1 aromatic rings. The monoisotopic (exact) mass is 613 g/mol. The van der Waals surface area contributed by atoms with Crippen molar-refractivity contribution in [2.75, 3.05) is 59.3 Å². The number of nitriles is 2. The first-order valence-electron chi connectivity index (χ1n) is 17.0. The van der Waals surface area contributed by atoms with E-state index in [4.69, 9.17) is 23.7 Å². The zero-order valence-electron chi connectivity index (χ0n) is 27.1. The van der Waals surface area contributed by atoms with Crippen LogP contribution in [0.15, 0.2) is 12.1 Å². The molecule has 1 heterocycles. The molecule has 0 saturated carbocycles. The number of carbonyl (C=O) groups excluding carboxylic acids is 1. The second-order valence-corrected chi connectivity index (χ2v) is 11.4. The second kappa shape index (κ2) is 25.3. The third kappa shape index (κ3) is 16.7. The molecule has 1 aliphatic rings. The molecule has 1 aliphatic heterocycles. The number of ether oxygens (including phenoxy) is 5. The summed E-state index contributed by atoms with van der Waals surface area (Å²) >= 11 is 0. The van der Waals surface area contributed by atoms with Crippen LogP contribution < -0.4 is 9.47 Å². The van der Waals surface area contributed by atoms with Crippen molar-refractivity contribution in [3.63, 3.8) is 0 Å². The topological polar surface area (TPSA) is 114 Å². The van der Waals surface area contributed by atoms with Gasteiger partial charge >= 0.3 is 6.09 Å². The normalized spacial score (nSPS) is 14.6. The number of rotatable bonds is 17. The van der Waals surface area contributed by atoms with Gasteiger partial charge in [0.25, 0.3) is 0 Å². The SMILES string of the molecule is CCCCCCCCCCCCCCCCCCOC(=O)N1CCOCCOc2cc(C#N)c(C#N)cc2OCCOCC1. The van der Waals surface area contributed by atoms with Crippen LogP contribution in [0.4, 0.5) is 4.79 Å². The van der Waals surface area contributed by atoms with E-state index in [1.807, 2.05) is 12.1 Å². The molecule has 0 fully saturated rings. The van der Waals surface area contributed by atoms with Crippen molar-refractivity contribution in [3.8, 4) is 23.6 Å². The molecule has 9 nitrogen and oxygen atoms in total. The Morgan fingerprint density at radius 2 is 1.07 bits per heavy atom. The van der Waals surface area contributed by atoms with Gasteiger partial charge in [0.1, 0.15) is 25.4 Å². The molecule has 1 amide bonds. The van der Waals surface area contributed by atoms with Crippen molar-refractivity contribution in [1.29, 1.82) is 10.5 Å². The van der Waals surface area contributed by atoms with Crippen LogP contribution in [-0.4, -0.2) is 70.3 Å². The summed E-state index contributed by atoms with van der Waals surface area (Å²) in [7, 11) is 0. The van der Waals surface area contributed by atoms with Gasteiger partial charge in [-0.05, 0) is 6.42 Å². The highest BCUT2D eigenvalue weighted by molar-refractivity contribution is 5.67. The zero-order valence-corrected chi connectivity index (χ0v) is 27.1. The van der Waals surface area contributed by atoms with E-state index in [2.05, 4.69) is 6.92 Å². The fourth-order valence-corrected chi connectivity index (χ4v) is 5.14. The number of carbonyl (C=O) groups is 1. The van der Waals surface area contributed by atoms with Gasteiger partial charge in [0.2, 0.25) is 0 Å². The lowest BCUT2D eigenvalue weighted by atomic mass is 10.0. The highest BCUT2D eigenvalue weighted by atomic mass is 16.6. The Kier molecular flexibility index (Phi) is 21.4. The highest BCUT2D eigenvalue weighted by Crippen LogP contribution is 2.31. The summed E-state index contributed by atoms with van der Waals surface area (Å²) < 4.78 is 28.4. The minimum atomic E-state index is -0.351. The number of unbranched alkanes of at least 4 members (excludes halogenated alkanes) is 15. The molecule has 0 atom stereocenters. The summed E-state index contributed by atoms with van der Waals surface area (Å²) in [5, 5.41) is 18.6. The van der Waals surface area contributed by atoms with E-state index in [0.29, 0.717) is 57.6 Å². The van der Waals surface area contributed by atoms with Gasteiger partial charge in [0.05, 0.1) is 44.2 Å². The molecule has 1 aromatic carbocycles. The molecular formula is C35H55N3O6. The summed E-state index contributed by atoms with van der Waals surface area (Å²) in [6.45, 7) is 5.17. The number of fused-ring (bicyclic) bond motifs is 1. The van der Waals surface area contributed by atoms with Crippen LogP contribution in [0, 0.1) is 22.7 Å². The Balaban J connectivity index is 1.56. The van der Waals surface area contributed by atoms with Crippen LogP contribution in [-0.2, 0) is 14.2 Å². The van der Waals surface area contributed by atoms with Gasteiger partial charge in [-0.3, -0.25) is 0 Å². The van der Waals surface area contributed by atoms with Gasteiger partial charge < -0.3 is 28.6 Å². The Labute approximate surface area is 265 Å². The number of hydrogen-bond acceptors (Lipinski definition) is 8. The molecule has 0 N–H and O–H groups in total. The van der Waals surface area contributed by atoms with Crippen LogP contribution in [0.1, 0.15) is 121 Å². The Morgan fingerprint density at radius 1 is 0.659 bits per heavy atom. The third-order valence-electron chi connectivity index (χ3n) is 7.79. The first-order chi connectivity index (χ1) is 21.7. The predicted molar refractivity (Wildman–Crippen MR) is 171 cm³/mol. The van der Waals surface area contributed by atoms with E-state index < -0.39 is 0 Å². The maximum Gasteiger partial charge on any atom is 0.409 e. The average molecular weight is 614 g/mol. The van der Waals surface area contributed by atoms with Crippen molar-refractivity contribution in [3.05, 3.63) is 23.3 Å². The Bertz CT molecular complexity index is 937. The van der Waals surface area contributed by atoms with Gasteiger partial charge in [-0.2, -0.15) is 10.5 Å². The van der Waals surface area contributed by atoms with Crippen molar-refractivity contribution < 1.29 is 28.5 Å². The van der Waals surface area contributed by atoms with E-state index in [0.717, 1.165) is 12.8 Å². The quantitative estimate of drug-likeness (QED) is 0.163. The molecule has 9 heteroatoms. The highest BCUT2D eigenvalue weighted by Gasteiger charge is 2.16. The summed E-state index contributed by atoms with van der Waals surface area (Å²) in [4.78, 5) is 14.3. The van der Waals surface area contributed by atoms with Crippen LogP contribution in [0.25, 0.3) is 0 Å². The van der Waals surface area contributed by atoms with E-state index in [1.54, 1.807) is 4.90 Å². The summed E-state index contributed by atoms with van der Waals surface area (Å²) in [6.07, 6.45) is 20.6. The van der Waals surface area contributed by atoms with E-state index in [1.165, 1.54) is 102 Å². The zero-order chi connectivity index (χ0) is 31.5. The number of benzene rings is 1. The van der Waals surface area contributed by atoms with Gasteiger partial charge in [0.15, 0.2) is 11.5 Å². The molecule has 0 saturated heterocycles. The fourth-order valence-electron chi connectivity index (χ4n) is 5.14. The predicted octanol–water partition coefficient (Wildman–Crippen LogP) is 7.93. The first kappa shape index (κ1) is 37.2. The second-order valence-electron chi connectivity index (χ2n) is 11.4. The molecule has 0 bridgehead atoms. The van der Waals surface area contributed by atoms with Gasteiger partial charge in [-0.25, -0.2) is 4.79 Å². The number of hydrogen-bond donors (Lipinski definition) is 0. The van der Waals surface area contributed by atoms with Gasteiger partial charge in [-0.15, -0.1) is 0 Å². The number of nitrogens with zero attached hydrogens (tertiary/aromatic N) is 3. The summed E-state index contributed by atoms with van der Waals surface area (Å²) in [5.41, 5.74) is 0.442. The van der Waals surface area contributed by atoms with Crippen LogP contribution >= 0.6 is 0 Å². The molecule has 246 valence electrons. The standard InChI is InChI=1S/C35H55N3O6/c1-2-3-4-5-6-7-8-9-10-11-12-13-14-15-16-17-20-44-35(39)38-18-21-40-23-25-42-33-27-31(29-36)32(30-37)28-34(33)43-26-24-41-22-19-38/h27-28H,2-26H2,1H3. The largest absolute Gasteiger partial charge is 0.487 e. The minimum Gasteiger partial charge on any atom is -0.487 e. The Morgan fingerprint density at radius 3 is 1.48 bits per heavy atom. The van der Waals surface area contributed by atoms with Crippen molar-refractivity contribution in [2.24, 2.45) is 0 Å². The molecular weight excluding hydrogens is 558 g/mol. The van der Waals surface area contributed by atoms with Crippen molar-refractivity contribution in [1.82, 2.24) is 4.90 Å². The minimum absolute atomic E-state index is 0.221. The fraction of sp³-hybridized carbons (Fsp3) is 0.743. The van der Waals surface area contributed by atoms with Gasteiger partial charge in [-0.1, -0.05) is 103 Å². The maximum absolute atomic E-state index is 12.7. The molecule has 2 rings (SSSR count). The summed E-state index contributed by atoms with van der Waals surface area (Å²) in [5.74, 6) is 0.747. The van der Waals surface area contributed by atoms with Crippen molar-refractivity contribution >= 4 is 6.09 Å². The molecule has 44 heavy (non-hydrogen) atoms. The number of amides is 1. The lowest BCUT2D eigenvalue weighted by Gasteiger charge is -2.22. The van der Waals surface area contributed by atoms with E-state index >= 15 is 0 Å². The third-order valence-corrected chi connectivity index (χ3v) is 7.79. The van der Waals surface area contributed by atoms with Crippen LogP contribution in [0.3, 0.4) is 0 Å². The van der Waals surface area contributed by atoms with Crippen LogP contribution in [0.2, 0.25) is 0 Å². The molecule has 0 aliphatic carbocycles. The molecule has 0 aromatic heterocycles. The smallest absolute Gasteiger partial charge is 0.409 e. The first-order valence-corrected chi connectivity index (χ1v) is 17.0. The molecule has 0 spiro atoms. The van der Waals surface area contributed by atoms with Gasteiger partial charge in [0, 0.05) is 25.2 Å². The lowest BCUT2D eigenvalue weighted by molar-refractivity contribution is 0.0466. The molecule has 0 unspecified atom stereocenters. The van der Waals surface area contributed by atoms with Crippen molar-refractivity contribution in [2.45, 2.75) is 110 Å². The summed E-state index contributed by atoms with van der Waals surface area (Å²) in [6, 6.07) is 7.02. The Hall–Kier alpha value is -3.01. The van der Waals surface area contributed by atoms with E-state index in [9.17, 15) is 15.3 Å². The maximum atomic E-state index is 12.7. The molecule has 0 radical (unpaired) electrons. The van der Waals surface area contributed by atoms with Crippen LogP contribution in [0.5, 0.6) is 11.5 Å².